The fraction of sp³-hybridized carbons (Fsp3) is 0.600. The van der Waals surface area contributed by atoms with E-state index in [0.29, 0.717) is 36.8 Å². The third-order valence-corrected chi connectivity index (χ3v) is 2.99. The van der Waals surface area contributed by atoms with E-state index in [2.05, 4.69) is 5.48 Å². The molecule has 1 heterocycles. The van der Waals surface area contributed by atoms with Crippen molar-refractivity contribution in [2.45, 2.75) is 40.5 Å². The van der Waals surface area contributed by atoms with Crippen molar-refractivity contribution in [1.82, 2.24) is 10.4 Å². The van der Waals surface area contributed by atoms with Crippen LogP contribution < -0.4 is 5.48 Å². The molecule has 2 amide bonds. The molecule has 0 aliphatic rings. The first-order valence-electron chi connectivity index (χ1n) is 7.26. The van der Waals surface area contributed by atoms with Crippen molar-refractivity contribution in [2.75, 3.05) is 19.7 Å². The number of carbonyl (C=O) groups is 2. The van der Waals surface area contributed by atoms with Crippen LogP contribution in [0.5, 0.6) is 0 Å². The van der Waals surface area contributed by atoms with Gasteiger partial charge in [-0.1, -0.05) is 6.92 Å². The van der Waals surface area contributed by atoms with Gasteiger partial charge in [-0.05, 0) is 33.3 Å². The number of aryl methyl sites for hydroxylation is 2. The Hall–Kier alpha value is -1.82. The molecule has 6 heteroatoms. The molecule has 0 unspecified atom stereocenters. The van der Waals surface area contributed by atoms with E-state index in [1.807, 2.05) is 13.8 Å². The highest BCUT2D eigenvalue weighted by Gasteiger charge is 2.20. The zero-order chi connectivity index (χ0) is 15.8. The summed E-state index contributed by atoms with van der Waals surface area (Å²) in [5, 5.41) is 0. The Morgan fingerprint density at radius 1 is 1.29 bits per heavy atom. The maximum atomic E-state index is 12.5. The van der Waals surface area contributed by atoms with E-state index in [4.69, 9.17) is 9.25 Å². The van der Waals surface area contributed by atoms with Gasteiger partial charge in [0.25, 0.3) is 5.91 Å². The zero-order valence-electron chi connectivity index (χ0n) is 13.2. The fourth-order valence-corrected chi connectivity index (χ4v) is 2.04. The molecule has 1 rings (SSSR count). The van der Waals surface area contributed by atoms with Crippen LogP contribution >= 0.6 is 0 Å². The summed E-state index contributed by atoms with van der Waals surface area (Å²) < 4.78 is 5.40. The van der Waals surface area contributed by atoms with Gasteiger partial charge < -0.3 is 9.32 Å². The molecule has 1 aromatic heterocycles. The van der Waals surface area contributed by atoms with Crippen molar-refractivity contribution in [1.29, 1.82) is 0 Å². The van der Waals surface area contributed by atoms with Crippen LogP contribution in [0.2, 0.25) is 0 Å². The molecule has 0 spiro atoms. The molecule has 1 aromatic rings. The number of rotatable bonds is 8. The smallest absolute Gasteiger partial charge is 0.257 e. The van der Waals surface area contributed by atoms with E-state index in [1.54, 1.807) is 24.8 Å². The molecule has 21 heavy (non-hydrogen) atoms. The minimum absolute atomic E-state index is 0.101. The highest BCUT2D eigenvalue weighted by Crippen LogP contribution is 2.16. The first-order chi connectivity index (χ1) is 9.99. The second kappa shape index (κ2) is 8.46. The molecule has 0 aliphatic heterocycles. The molecule has 0 aliphatic carbocycles. The number of carbonyl (C=O) groups excluding carboxylic acids is 2. The van der Waals surface area contributed by atoms with Crippen molar-refractivity contribution in [3.05, 3.63) is 23.2 Å². The standard InChI is InChI=1S/C15H24N2O4/c1-5-8-17(9-7-14(18)16-20-6-2)15(19)13-10-11(3)21-12(13)4/h10H,5-9H2,1-4H3,(H,16,18). The minimum atomic E-state index is -0.231. The maximum absolute atomic E-state index is 12.5. The lowest BCUT2D eigenvalue weighted by molar-refractivity contribution is -0.133. The molecule has 6 nitrogen and oxygen atoms in total. The van der Waals surface area contributed by atoms with Crippen molar-refractivity contribution in [3.8, 4) is 0 Å². The van der Waals surface area contributed by atoms with Crippen molar-refractivity contribution < 1.29 is 18.8 Å². The topological polar surface area (TPSA) is 71.8 Å². The molecule has 0 aromatic carbocycles. The third kappa shape index (κ3) is 5.23. The van der Waals surface area contributed by atoms with Crippen molar-refractivity contribution in [2.24, 2.45) is 0 Å². The van der Waals surface area contributed by atoms with Crippen LogP contribution in [0.4, 0.5) is 0 Å². The van der Waals surface area contributed by atoms with Crippen LogP contribution in [0.3, 0.4) is 0 Å². The summed E-state index contributed by atoms with van der Waals surface area (Å²) in [6.07, 6.45) is 1.04. The van der Waals surface area contributed by atoms with Gasteiger partial charge in [-0.25, -0.2) is 5.48 Å². The Balaban J connectivity index is 2.66. The number of amides is 2. The van der Waals surface area contributed by atoms with Crippen LogP contribution in [0, 0.1) is 13.8 Å². The van der Waals surface area contributed by atoms with Crippen molar-refractivity contribution >= 4 is 11.8 Å². The predicted octanol–water partition coefficient (Wildman–Crippen LogP) is 2.21. The lowest BCUT2D eigenvalue weighted by Gasteiger charge is -2.21. The Morgan fingerprint density at radius 2 is 2.00 bits per heavy atom. The summed E-state index contributed by atoms with van der Waals surface area (Å²) in [5.74, 6) is 0.986. The number of nitrogens with one attached hydrogen (secondary N) is 1. The summed E-state index contributed by atoms with van der Waals surface area (Å²) in [5.41, 5.74) is 2.89. The lowest BCUT2D eigenvalue weighted by Crippen LogP contribution is -2.36. The second-order valence-electron chi connectivity index (χ2n) is 4.83. The summed E-state index contributed by atoms with van der Waals surface area (Å²) in [4.78, 5) is 30.6. The van der Waals surface area contributed by atoms with Crippen LogP contribution in [-0.4, -0.2) is 36.4 Å². The Labute approximate surface area is 125 Å². The Morgan fingerprint density at radius 3 is 2.52 bits per heavy atom. The molecule has 0 saturated heterocycles. The maximum Gasteiger partial charge on any atom is 0.257 e. The summed E-state index contributed by atoms with van der Waals surface area (Å²) in [7, 11) is 0. The molecule has 0 bridgehead atoms. The number of hydroxylamine groups is 1. The van der Waals surface area contributed by atoms with E-state index >= 15 is 0 Å². The quantitative estimate of drug-likeness (QED) is 0.747. The summed E-state index contributed by atoms with van der Waals surface area (Å²) >= 11 is 0. The predicted molar refractivity (Wildman–Crippen MR) is 78.8 cm³/mol. The molecule has 0 saturated carbocycles. The zero-order valence-corrected chi connectivity index (χ0v) is 13.2. The number of nitrogens with zero attached hydrogens (tertiary/aromatic N) is 1. The largest absolute Gasteiger partial charge is 0.466 e. The number of hydrogen-bond donors (Lipinski definition) is 1. The normalized spacial score (nSPS) is 10.5. The van der Waals surface area contributed by atoms with Crippen LogP contribution in [0.25, 0.3) is 0 Å². The Kier molecular flexibility index (Phi) is 6.94. The summed E-state index contributed by atoms with van der Waals surface area (Å²) in [6.45, 7) is 8.73. The van der Waals surface area contributed by atoms with E-state index in [-0.39, 0.29) is 18.2 Å². The minimum Gasteiger partial charge on any atom is -0.466 e. The fourth-order valence-electron chi connectivity index (χ4n) is 2.04. The van der Waals surface area contributed by atoms with Gasteiger partial charge in [-0.3, -0.25) is 14.4 Å². The van der Waals surface area contributed by atoms with E-state index in [0.717, 1.165) is 6.42 Å². The Bertz CT molecular complexity index is 482. The SMILES string of the molecule is CCCN(CCC(=O)NOCC)C(=O)c1cc(C)oc1C. The molecule has 0 fully saturated rings. The van der Waals surface area contributed by atoms with Gasteiger partial charge in [0.15, 0.2) is 0 Å². The first-order valence-corrected chi connectivity index (χ1v) is 7.26. The number of hydrogen-bond acceptors (Lipinski definition) is 4. The highest BCUT2D eigenvalue weighted by atomic mass is 16.6. The van der Waals surface area contributed by atoms with E-state index in [1.165, 1.54) is 0 Å². The average Bonchev–Trinajstić information content (AvgIpc) is 2.79. The van der Waals surface area contributed by atoms with Crippen LogP contribution in [0.15, 0.2) is 10.5 Å². The van der Waals surface area contributed by atoms with Gasteiger partial charge in [0.2, 0.25) is 5.91 Å². The highest BCUT2D eigenvalue weighted by molar-refractivity contribution is 5.95. The molecule has 0 radical (unpaired) electrons. The first kappa shape index (κ1) is 17.2. The molecule has 118 valence electrons. The average molecular weight is 296 g/mol. The van der Waals surface area contributed by atoms with Gasteiger partial charge in [0.1, 0.15) is 11.5 Å². The van der Waals surface area contributed by atoms with Gasteiger partial charge in [0, 0.05) is 19.5 Å². The van der Waals surface area contributed by atoms with Crippen LogP contribution in [-0.2, 0) is 9.63 Å². The lowest BCUT2D eigenvalue weighted by atomic mass is 10.2. The van der Waals surface area contributed by atoms with Gasteiger partial charge in [0.05, 0.1) is 12.2 Å². The third-order valence-electron chi connectivity index (χ3n) is 2.99. The molecule has 1 N–H and O–H groups in total. The van der Waals surface area contributed by atoms with Gasteiger partial charge in [-0.15, -0.1) is 0 Å². The van der Waals surface area contributed by atoms with E-state index in [9.17, 15) is 9.59 Å². The van der Waals surface area contributed by atoms with Gasteiger partial charge >= 0.3 is 0 Å². The molecular weight excluding hydrogens is 272 g/mol. The summed E-state index contributed by atoms with van der Waals surface area (Å²) in [6, 6.07) is 1.74. The second-order valence-corrected chi connectivity index (χ2v) is 4.83. The van der Waals surface area contributed by atoms with E-state index < -0.39 is 0 Å². The van der Waals surface area contributed by atoms with Crippen molar-refractivity contribution in [3.63, 3.8) is 0 Å². The van der Waals surface area contributed by atoms with Gasteiger partial charge in [-0.2, -0.15) is 0 Å². The number of furan rings is 1. The monoisotopic (exact) mass is 296 g/mol. The van der Waals surface area contributed by atoms with Crippen LogP contribution in [0.1, 0.15) is 48.6 Å². The molecular formula is C15H24N2O4. The molecule has 0 atom stereocenters.